The van der Waals surface area contributed by atoms with E-state index in [0.29, 0.717) is 5.92 Å². The average molecular weight is 212 g/mol. The smallest absolute Gasteiger partial charge is 0.312 e. The van der Waals surface area contributed by atoms with Gasteiger partial charge in [-0.1, -0.05) is 26.0 Å². The Morgan fingerprint density at radius 1 is 1.36 bits per heavy atom. The van der Waals surface area contributed by atoms with Gasteiger partial charge in [0.1, 0.15) is 0 Å². The summed E-state index contributed by atoms with van der Waals surface area (Å²) >= 11 is 5.19. The van der Waals surface area contributed by atoms with Crippen molar-refractivity contribution in [1.29, 1.82) is 0 Å². The van der Waals surface area contributed by atoms with Crippen molar-refractivity contribution in [3.05, 3.63) is 29.8 Å². The SMILES string of the molecule is CC(C)Cc1ccc(NC(=O)Cl)cc1. The standard InChI is InChI=1S/C11H14ClNO/c1-8(2)7-9-3-5-10(6-4-9)13-11(12)14/h3-6,8H,7H2,1-2H3,(H,13,14). The van der Waals surface area contributed by atoms with Gasteiger partial charge in [-0.05, 0) is 41.6 Å². The first-order valence-corrected chi connectivity index (χ1v) is 5.01. The van der Waals surface area contributed by atoms with Crippen molar-refractivity contribution < 1.29 is 4.79 Å². The minimum absolute atomic E-state index is 0.554. The molecule has 0 fully saturated rings. The van der Waals surface area contributed by atoms with Gasteiger partial charge in [0.25, 0.3) is 0 Å². The molecule has 0 spiro atoms. The van der Waals surface area contributed by atoms with Crippen LogP contribution in [0.25, 0.3) is 0 Å². The van der Waals surface area contributed by atoms with Crippen molar-refractivity contribution in [3.8, 4) is 0 Å². The number of carbonyl (C=O) groups is 1. The van der Waals surface area contributed by atoms with Crippen LogP contribution in [0.4, 0.5) is 10.5 Å². The number of hydrogen-bond donors (Lipinski definition) is 1. The predicted molar refractivity (Wildman–Crippen MR) is 59.9 cm³/mol. The van der Waals surface area contributed by atoms with E-state index in [2.05, 4.69) is 19.2 Å². The molecule has 0 aliphatic rings. The van der Waals surface area contributed by atoms with Gasteiger partial charge in [-0.25, -0.2) is 0 Å². The van der Waals surface area contributed by atoms with Crippen LogP contribution in [0.2, 0.25) is 0 Å². The van der Waals surface area contributed by atoms with E-state index in [9.17, 15) is 4.79 Å². The topological polar surface area (TPSA) is 29.1 Å². The van der Waals surface area contributed by atoms with Crippen molar-refractivity contribution >= 4 is 22.7 Å². The summed E-state index contributed by atoms with van der Waals surface area (Å²) in [4.78, 5) is 10.5. The molecule has 0 aliphatic heterocycles. The fourth-order valence-corrected chi connectivity index (χ4v) is 1.42. The van der Waals surface area contributed by atoms with E-state index in [1.54, 1.807) is 0 Å². The second-order valence-electron chi connectivity index (χ2n) is 3.69. The van der Waals surface area contributed by atoms with E-state index in [1.165, 1.54) is 5.56 Å². The molecule has 0 radical (unpaired) electrons. The Morgan fingerprint density at radius 2 is 1.93 bits per heavy atom. The Balaban J connectivity index is 2.63. The lowest BCUT2D eigenvalue weighted by atomic mass is 10.0. The van der Waals surface area contributed by atoms with Gasteiger partial charge >= 0.3 is 5.37 Å². The molecule has 0 saturated heterocycles. The lowest BCUT2D eigenvalue weighted by Crippen LogP contribution is -2.01. The highest BCUT2D eigenvalue weighted by Crippen LogP contribution is 2.13. The van der Waals surface area contributed by atoms with Crippen LogP contribution in [0.15, 0.2) is 24.3 Å². The third-order valence-electron chi connectivity index (χ3n) is 1.84. The number of rotatable bonds is 3. The first-order chi connectivity index (χ1) is 6.58. The van der Waals surface area contributed by atoms with Crippen LogP contribution in [0.5, 0.6) is 0 Å². The Morgan fingerprint density at radius 3 is 2.36 bits per heavy atom. The van der Waals surface area contributed by atoms with Gasteiger partial charge in [0.05, 0.1) is 0 Å². The number of benzene rings is 1. The molecule has 2 nitrogen and oxygen atoms in total. The molecule has 0 heterocycles. The van der Waals surface area contributed by atoms with Gasteiger partial charge in [-0.2, -0.15) is 0 Å². The van der Waals surface area contributed by atoms with Crippen LogP contribution < -0.4 is 5.32 Å². The molecule has 1 N–H and O–H groups in total. The largest absolute Gasteiger partial charge is 0.318 e. The summed E-state index contributed by atoms with van der Waals surface area (Å²) in [6, 6.07) is 7.72. The number of anilines is 1. The van der Waals surface area contributed by atoms with E-state index in [0.717, 1.165) is 12.1 Å². The van der Waals surface area contributed by atoms with Gasteiger partial charge in [0.15, 0.2) is 0 Å². The first-order valence-electron chi connectivity index (χ1n) is 4.63. The summed E-state index contributed by atoms with van der Waals surface area (Å²) < 4.78 is 0. The molecule has 0 atom stereocenters. The average Bonchev–Trinajstić information content (AvgIpc) is 2.06. The number of carbonyl (C=O) groups excluding carboxylic acids is 1. The summed E-state index contributed by atoms with van der Waals surface area (Å²) in [7, 11) is 0. The monoisotopic (exact) mass is 211 g/mol. The van der Waals surface area contributed by atoms with E-state index in [1.807, 2.05) is 24.3 Å². The minimum atomic E-state index is -0.554. The lowest BCUT2D eigenvalue weighted by molar-refractivity contribution is 0.269. The van der Waals surface area contributed by atoms with Crippen molar-refractivity contribution in [2.24, 2.45) is 5.92 Å². The summed E-state index contributed by atoms with van der Waals surface area (Å²) in [5.41, 5.74) is 2.00. The van der Waals surface area contributed by atoms with Gasteiger partial charge in [-0.15, -0.1) is 0 Å². The second kappa shape index (κ2) is 5.01. The maximum atomic E-state index is 10.5. The van der Waals surface area contributed by atoms with Crippen molar-refractivity contribution in [2.75, 3.05) is 5.32 Å². The van der Waals surface area contributed by atoms with Crippen molar-refractivity contribution in [1.82, 2.24) is 0 Å². The molecule has 0 unspecified atom stereocenters. The molecular weight excluding hydrogens is 198 g/mol. The van der Waals surface area contributed by atoms with E-state index < -0.39 is 5.37 Å². The van der Waals surface area contributed by atoms with Crippen LogP contribution in [-0.4, -0.2) is 5.37 Å². The van der Waals surface area contributed by atoms with Crippen molar-refractivity contribution in [2.45, 2.75) is 20.3 Å². The Kier molecular flexibility index (Phi) is 3.96. The fourth-order valence-electron chi connectivity index (χ4n) is 1.31. The van der Waals surface area contributed by atoms with Gasteiger partial charge in [-0.3, -0.25) is 4.79 Å². The maximum absolute atomic E-state index is 10.5. The van der Waals surface area contributed by atoms with Crippen LogP contribution in [0.1, 0.15) is 19.4 Å². The highest BCUT2D eigenvalue weighted by atomic mass is 35.5. The fraction of sp³-hybridized carbons (Fsp3) is 0.364. The molecule has 1 aromatic carbocycles. The van der Waals surface area contributed by atoms with Crippen LogP contribution in [0.3, 0.4) is 0 Å². The Labute approximate surface area is 89.3 Å². The minimum Gasteiger partial charge on any atom is -0.312 e. The van der Waals surface area contributed by atoms with E-state index in [4.69, 9.17) is 11.6 Å². The molecule has 0 aliphatic carbocycles. The summed E-state index contributed by atoms with van der Waals surface area (Å²) in [6.45, 7) is 4.35. The van der Waals surface area contributed by atoms with Crippen LogP contribution in [0, 0.1) is 5.92 Å². The number of amides is 1. The molecule has 0 aromatic heterocycles. The lowest BCUT2D eigenvalue weighted by Gasteiger charge is -2.06. The van der Waals surface area contributed by atoms with Gasteiger partial charge in [0, 0.05) is 5.69 Å². The molecule has 14 heavy (non-hydrogen) atoms. The normalized spacial score (nSPS) is 10.3. The molecule has 76 valence electrons. The zero-order valence-corrected chi connectivity index (χ0v) is 9.14. The molecule has 3 heteroatoms. The predicted octanol–water partition coefficient (Wildman–Crippen LogP) is 3.66. The zero-order chi connectivity index (χ0) is 10.6. The highest BCUT2D eigenvalue weighted by molar-refractivity contribution is 6.65. The maximum Gasteiger partial charge on any atom is 0.318 e. The van der Waals surface area contributed by atoms with E-state index in [-0.39, 0.29) is 0 Å². The summed E-state index contributed by atoms with van der Waals surface area (Å²) in [5.74, 6) is 0.642. The van der Waals surface area contributed by atoms with Gasteiger partial charge < -0.3 is 5.32 Å². The zero-order valence-electron chi connectivity index (χ0n) is 8.38. The number of hydrogen-bond acceptors (Lipinski definition) is 1. The van der Waals surface area contributed by atoms with Gasteiger partial charge in [0.2, 0.25) is 0 Å². The molecule has 0 saturated carbocycles. The number of halogens is 1. The van der Waals surface area contributed by atoms with Crippen LogP contribution in [-0.2, 0) is 6.42 Å². The summed E-state index contributed by atoms with van der Waals surface area (Å²) in [6.07, 6.45) is 1.05. The molecule has 1 amide bonds. The highest BCUT2D eigenvalue weighted by Gasteiger charge is 1.99. The van der Waals surface area contributed by atoms with Crippen molar-refractivity contribution in [3.63, 3.8) is 0 Å². The third-order valence-corrected chi connectivity index (χ3v) is 1.93. The molecule has 0 bridgehead atoms. The summed E-state index contributed by atoms with van der Waals surface area (Å²) in [5, 5.41) is 1.96. The van der Waals surface area contributed by atoms with Crippen LogP contribution >= 0.6 is 11.6 Å². The Bertz CT molecular complexity index is 306. The Hall–Kier alpha value is -1.02. The molecule has 1 aromatic rings. The molecular formula is C11H14ClNO. The second-order valence-corrected chi connectivity index (χ2v) is 4.04. The van der Waals surface area contributed by atoms with E-state index >= 15 is 0 Å². The first kappa shape index (κ1) is 11.1. The third kappa shape index (κ3) is 3.79. The quantitative estimate of drug-likeness (QED) is 0.600. The molecule has 1 rings (SSSR count). The number of nitrogens with one attached hydrogen (secondary N) is 1.